The number of halogens is 1. The van der Waals surface area contributed by atoms with Gasteiger partial charge in [0.2, 0.25) is 5.82 Å². The fourth-order valence-corrected chi connectivity index (χ4v) is 2.69. The van der Waals surface area contributed by atoms with Crippen LogP contribution in [0, 0.1) is 0 Å². The number of carbonyl (C=O) groups is 2. The quantitative estimate of drug-likeness (QED) is 0.724. The minimum absolute atomic E-state index is 0.0271. The van der Waals surface area contributed by atoms with E-state index in [4.69, 9.17) is 11.6 Å². The zero-order chi connectivity index (χ0) is 18.7. The number of aromatic nitrogens is 2. The van der Waals surface area contributed by atoms with E-state index < -0.39 is 0 Å². The van der Waals surface area contributed by atoms with Gasteiger partial charge in [0.1, 0.15) is 0 Å². The fourth-order valence-electron chi connectivity index (χ4n) is 2.56. The van der Waals surface area contributed by atoms with Crippen LogP contribution in [0.3, 0.4) is 0 Å². The standard InChI is InChI=1S/C19H19ClN4O2/c1-12(2)22-19(26)17-23-16(15-5-3-4-10-24(15)17)18(25)21-11-13-6-8-14(20)9-7-13/h3-10,12H,11H2,1-2H3,(H,21,25)(H,22,26). The third kappa shape index (κ3) is 3.86. The van der Waals surface area contributed by atoms with E-state index in [1.807, 2.05) is 26.0 Å². The number of rotatable bonds is 5. The maximum absolute atomic E-state index is 12.6. The van der Waals surface area contributed by atoms with Crippen molar-refractivity contribution in [3.63, 3.8) is 0 Å². The summed E-state index contributed by atoms with van der Waals surface area (Å²) in [5, 5.41) is 6.27. The summed E-state index contributed by atoms with van der Waals surface area (Å²) in [6, 6.07) is 12.5. The van der Waals surface area contributed by atoms with E-state index in [-0.39, 0.29) is 29.4 Å². The molecule has 0 saturated carbocycles. The van der Waals surface area contributed by atoms with Gasteiger partial charge in [0, 0.05) is 23.8 Å². The van der Waals surface area contributed by atoms with Crippen LogP contribution in [0.5, 0.6) is 0 Å². The first-order chi connectivity index (χ1) is 12.5. The molecule has 7 heteroatoms. The topological polar surface area (TPSA) is 75.5 Å². The largest absolute Gasteiger partial charge is 0.347 e. The molecule has 0 aliphatic rings. The highest BCUT2D eigenvalue weighted by Crippen LogP contribution is 2.14. The third-order valence-corrected chi connectivity index (χ3v) is 4.00. The summed E-state index contributed by atoms with van der Waals surface area (Å²) >= 11 is 5.87. The lowest BCUT2D eigenvalue weighted by Crippen LogP contribution is -2.31. The second-order valence-electron chi connectivity index (χ2n) is 6.18. The van der Waals surface area contributed by atoms with Crippen LogP contribution in [0.2, 0.25) is 5.02 Å². The van der Waals surface area contributed by atoms with Gasteiger partial charge in [0.15, 0.2) is 5.69 Å². The summed E-state index contributed by atoms with van der Waals surface area (Å²) < 4.78 is 1.62. The predicted octanol–water partition coefficient (Wildman–Crippen LogP) is 3.06. The molecule has 0 unspecified atom stereocenters. The fraction of sp³-hybridized carbons (Fsp3) is 0.211. The highest BCUT2D eigenvalue weighted by Gasteiger charge is 2.21. The van der Waals surface area contributed by atoms with Crippen molar-refractivity contribution in [3.8, 4) is 0 Å². The summed E-state index contributed by atoms with van der Waals surface area (Å²) in [5.74, 6) is -0.476. The van der Waals surface area contributed by atoms with E-state index in [0.717, 1.165) is 5.56 Å². The van der Waals surface area contributed by atoms with E-state index in [0.29, 0.717) is 17.1 Å². The van der Waals surface area contributed by atoms with Gasteiger partial charge in [-0.2, -0.15) is 0 Å². The van der Waals surface area contributed by atoms with Gasteiger partial charge in [-0.3, -0.25) is 14.0 Å². The van der Waals surface area contributed by atoms with Gasteiger partial charge >= 0.3 is 0 Å². The molecule has 0 saturated heterocycles. The Morgan fingerprint density at radius 1 is 1.12 bits per heavy atom. The molecule has 0 spiro atoms. The summed E-state index contributed by atoms with van der Waals surface area (Å²) in [6.07, 6.45) is 1.72. The Morgan fingerprint density at radius 3 is 2.54 bits per heavy atom. The van der Waals surface area contributed by atoms with Crippen molar-refractivity contribution in [2.24, 2.45) is 0 Å². The lowest BCUT2D eigenvalue weighted by molar-refractivity contribution is 0.0932. The number of amides is 2. The number of nitrogens with zero attached hydrogens (tertiary/aromatic N) is 2. The molecule has 0 aliphatic carbocycles. The van der Waals surface area contributed by atoms with Crippen molar-refractivity contribution in [2.45, 2.75) is 26.4 Å². The van der Waals surface area contributed by atoms with Crippen molar-refractivity contribution in [3.05, 3.63) is 70.8 Å². The van der Waals surface area contributed by atoms with Crippen LogP contribution >= 0.6 is 11.6 Å². The van der Waals surface area contributed by atoms with Crippen molar-refractivity contribution in [1.29, 1.82) is 0 Å². The predicted molar refractivity (Wildman–Crippen MR) is 100 cm³/mol. The molecule has 2 N–H and O–H groups in total. The first-order valence-corrected chi connectivity index (χ1v) is 8.64. The third-order valence-electron chi connectivity index (χ3n) is 3.75. The van der Waals surface area contributed by atoms with Gasteiger partial charge < -0.3 is 10.6 Å². The molecule has 26 heavy (non-hydrogen) atoms. The Hall–Kier alpha value is -2.86. The maximum atomic E-state index is 12.6. The van der Waals surface area contributed by atoms with Crippen LogP contribution in [0.4, 0.5) is 0 Å². The summed E-state index contributed by atoms with van der Waals surface area (Å²) in [5.41, 5.74) is 1.72. The Balaban J connectivity index is 1.85. The number of pyridine rings is 1. The highest BCUT2D eigenvalue weighted by molar-refractivity contribution is 6.30. The van der Waals surface area contributed by atoms with Gasteiger partial charge in [-0.1, -0.05) is 29.8 Å². The molecular weight excluding hydrogens is 352 g/mol. The lowest BCUT2D eigenvalue weighted by Gasteiger charge is -2.06. The van der Waals surface area contributed by atoms with E-state index in [2.05, 4.69) is 15.6 Å². The molecule has 2 aromatic heterocycles. The van der Waals surface area contributed by atoms with Crippen molar-refractivity contribution in [2.75, 3.05) is 0 Å². The average molecular weight is 371 g/mol. The Kier molecular flexibility index (Phi) is 5.23. The first kappa shape index (κ1) is 17.9. The number of imidazole rings is 1. The molecule has 1 aromatic carbocycles. The highest BCUT2D eigenvalue weighted by atomic mass is 35.5. The minimum atomic E-state index is -0.341. The van der Waals surface area contributed by atoms with Gasteiger partial charge in [-0.05, 0) is 43.7 Å². The maximum Gasteiger partial charge on any atom is 0.287 e. The second-order valence-corrected chi connectivity index (χ2v) is 6.61. The zero-order valence-electron chi connectivity index (χ0n) is 14.5. The molecule has 0 fully saturated rings. The zero-order valence-corrected chi connectivity index (χ0v) is 15.2. The van der Waals surface area contributed by atoms with Crippen LogP contribution in [0.25, 0.3) is 5.52 Å². The monoisotopic (exact) mass is 370 g/mol. The van der Waals surface area contributed by atoms with Crippen LogP contribution in [-0.2, 0) is 6.54 Å². The first-order valence-electron chi connectivity index (χ1n) is 8.26. The molecule has 0 aliphatic heterocycles. The molecule has 134 valence electrons. The Labute approximate surface area is 156 Å². The van der Waals surface area contributed by atoms with E-state index >= 15 is 0 Å². The minimum Gasteiger partial charge on any atom is -0.347 e. The van der Waals surface area contributed by atoms with E-state index in [9.17, 15) is 9.59 Å². The molecule has 2 heterocycles. The second kappa shape index (κ2) is 7.58. The average Bonchev–Trinajstić information content (AvgIpc) is 3.00. The van der Waals surface area contributed by atoms with Crippen LogP contribution in [0.15, 0.2) is 48.7 Å². The molecule has 0 atom stereocenters. The van der Waals surface area contributed by atoms with Gasteiger partial charge in [0.05, 0.1) is 5.52 Å². The normalized spacial score (nSPS) is 10.9. The molecular formula is C19H19ClN4O2. The molecule has 0 bridgehead atoms. The molecule has 3 aromatic rings. The van der Waals surface area contributed by atoms with Gasteiger partial charge in [-0.15, -0.1) is 0 Å². The summed E-state index contributed by atoms with van der Waals surface area (Å²) in [4.78, 5) is 29.3. The SMILES string of the molecule is CC(C)NC(=O)c1nc(C(=O)NCc2ccc(Cl)cc2)c2ccccn12. The number of hydrogen-bond donors (Lipinski definition) is 2. The van der Waals surface area contributed by atoms with Gasteiger partial charge in [0.25, 0.3) is 11.8 Å². The molecule has 0 radical (unpaired) electrons. The van der Waals surface area contributed by atoms with Crippen molar-refractivity contribution < 1.29 is 9.59 Å². The summed E-state index contributed by atoms with van der Waals surface area (Å²) in [7, 11) is 0. The molecule has 2 amide bonds. The number of benzene rings is 1. The van der Waals surface area contributed by atoms with Crippen LogP contribution < -0.4 is 10.6 Å². The smallest absolute Gasteiger partial charge is 0.287 e. The number of carbonyl (C=O) groups excluding carboxylic acids is 2. The molecule has 3 rings (SSSR count). The van der Waals surface area contributed by atoms with Gasteiger partial charge in [-0.25, -0.2) is 4.98 Å². The molecule has 6 nitrogen and oxygen atoms in total. The van der Waals surface area contributed by atoms with Crippen molar-refractivity contribution >= 4 is 28.9 Å². The Bertz CT molecular complexity index is 948. The number of nitrogens with one attached hydrogen (secondary N) is 2. The lowest BCUT2D eigenvalue weighted by atomic mass is 10.2. The van der Waals surface area contributed by atoms with Crippen molar-refractivity contribution in [1.82, 2.24) is 20.0 Å². The summed E-state index contributed by atoms with van der Waals surface area (Å²) in [6.45, 7) is 4.08. The van der Waals surface area contributed by atoms with E-state index in [1.54, 1.807) is 40.9 Å². The Morgan fingerprint density at radius 2 is 1.85 bits per heavy atom. The van der Waals surface area contributed by atoms with E-state index in [1.165, 1.54) is 0 Å². The number of hydrogen-bond acceptors (Lipinski definition) is 3. The number of fused-ring (bicyclic) bond motifs is 1. The van der Waals surface area contributed by atoms with Crippen LogP contribution in [0.1, 0.15) is 40.5 Å². The van der Waals surface area contributed by atoms with Crippen LogP contribution in [-0.4, -0.2) is 27.2 Å².